The zero-order valence-corrected chi connectivity index (χ0v) is 13.3. The van der Waals surface area contributed by atoms with E-state index in [0.29, 0.717) is 0 Å². The molecular formula is C14H11BrF3N3O2. The first-order chi connectivity index (χ1) is 10.8. The molecule has 0 unspecified atom stereocenters. The van der Waals surface area contributed by atoms with Crippen molar-refractivity contribution in [3.8, 4) is 5.75 Å². The average molecular weight is 390 g/mol. The van der Waals surface area contributed by atoms with E-state index in [2.05, 4.69) is 31.5 Å². The molecule has 9 heteroatoms. The summed E-state index contributed by atoms with van der Waals surface area (Å²) in [5, 5.41) is 4.72. The van der Waals surface area contributed by atoms with E-state index >= 15 is 0 Å². The van der Waals surface area contributed by atoms with E-state index in [4.69, 9.17) is 4.74 Å². The average Bonchev–Trinajstić information content (AvgIpc) is 2.48. The number of aromatic nitrogens is 1. The minimum Gasteiger partial charge on any atom is -0.495 e. The molecule has 1 heterocycles. The largest absolute Gasteiger partial charge is 0.495 e. The molecule has 0 fully saturated rings. The highest BCUT2D eigenvalue weighted by Crippen LogP contribution is 2.34. The molecule has 122 valence electrons. The topological polar surface area (TPSA) is 63.2 Å². The standard InChI is InChI=1S/C14H11BrF3N3O2/c1-23-11-4-2-8(14(16,17)18)6-10(11)20-13(22)21-12-5-3-9(15)7-19-12/h2-7H,1H3,(H2,19,20,21,22). The molecule has 1 aromatic heterocycles. The number of urea groups is 1. The number of pyridine rings is 1. The second kappa shape index (κ2) is 6.86. The number of ether oxygens (including phenoxy) is 1. The Morgan fingerprint density at radius 2 is 1.96 bits per heavy atom. The fourth-order valence-corrected chi connectivity index (χ4v) is 1.94. The van der Waals surface area contributed by atoms with Crippen molar-refractivity contribution in [2.24, 2.45) is 0 Å². The predicted molar refractivity (Wildman–Crippen MR) is 82.6 cm³/mol. The lowest BCUT2D eigenvalue weighted by atomic mass is 10.2. The van der Waals surface area contributed by atoms with Crippen LogP contribution >= 0.6 is 15.9 Å². The van der Waals surface area contributed by atoms with Crippen molar-refractivity contribution < 1.29 is 22.7 Å². The summed E-state index contributed by atoms with van der Waals surface area (Å²) in [4.78, 5) is 15.8. The van der Waals surface area contributed by atoms with Crippen LogP contribution in [0.2, 0.25) is 0 Å². The van der Waals surface area contributed by atoms with Gasteiger partial charge in [-0.25, -0.2) is 9.78 Å². The van der Waals surface area contributed by atoms with Crippen molar-refractivity contribution in [1.29, 1.82) is 0 Å². The van der Waals surface area contributed by atoms with Crippen LogP contribution in [0, 0.1) is 0 Å². The number of nitrogens with one attached hydrogen (secondary N) is 2. The van der Waals surface area contributed by atoms with Gasteiger partial charge in [-0.05, 0) is 46.3 Å². The summed E-state index contributed by atoms with van der Waals surface area (Å²) in [5.41, 5.74) is -0.993. The second-order valence-electron chi connectivity index (χ2n) is 4.35. The molecule has 0 saturated heterocycles. The number of halogens is 4. The van der Waals surface area contributed by atoms with Crippen LogP contribution in [-0.2, 0) is 6.18 Å². The lowest BCUT2D eigenvalue weighted by molar-refractivity contribution is -0.137. The van der Waals surface area contributed by atoms with Crippen LogP contribution in [-0.4, -0.2) is 18.1 Å². The fraction of sp³-hybridized carbons (Fsp3) is 0.143. The molecule has 2 amide bonds. The molecule has 0 aliphatic rings. The number of hydrogen-bond acceptors (Lipinski definition) is 3. The maximum Gasteiger partial charge on any atom is 0.416 e. The Morgan fingerprint density at radius 3 is 2.52 bits per heavy atom. The minimum absolute atomic E-state index is 0.100. The zero-order chi connectivity index (χ0) is 17.0. The summed E-state index contributed by atoms with van der Waals surface area (Å²) in [6.07, 6.45) is -3.05. The lowest BCUT2D eigenvalue weighted by Crippen LogP contribution is -2.21. The minimum atomic E-state index is -4.52. The highest BCUT2D eigenvalue weighted by Gasteiger charge is 2.31. The Hall–Kier alpha value is -2.29. The first-order valence-electron chi connectivity index (χ1n) is 6.24. The molecule has 0 saturated carbocycles. The van der Waals surface area contributed by atoms with Gasteiger partial charge in [0.1, 0.15) is 11.6 Å². The van der Waals surface area contributed by atoms with E-state index < -0.39 is 17.8 Å². The summed E-state index contributed by atoms with van der Waals surface area (Å²) in [5.74, 6) is 0.355. The van der Waals surface area contributed by atoms with Gasteiger partial charge < -0.3 is 10.1 Å². The number of rotatable bonds is 3. The SMILES string of the molecule is COc1ccc(C(F)(F)F)cc1NC(=O)Nc1ccc(Br)cn1. The molecule has 0 aliphatic carbocycles. The number of anilines is 2. The van der Waals surface area contributed by atoms with E-state index in [1.165, 1.54) is 19.4 Å². The first kappa shape index (κ1) is 17.1. The molecule has 2 aromatic rings. The molecule has 0 atom stereocenters. The Balaban J connectivity index is 2.17. The van der Waals surface area contributed by atoms with E-state index in [9.17, 15) is 18.0 Å². The lowest BCUT2D eigenvalue weighted by Gasteiger charge is -2.14. The number of methoxy groups -OCH3 is 1. The maximum absolute atomic E-state index is 12.7. The molecule has 2 N–H and O–H groups in total. The summed E-state index contributed by atoms with van der Waals surface area (Å²) in [7, 11) is 1.29. The molecule has 23 heavy (non-hydrogen) atoms. The number of hydrogen-bond donors (Lipinski definition) is 2. The van der Waals surface area contributed by atoms with E-state index in [1.54, 1.807) is 6.07 Å². The highest BCUT2D eigenvalue weighted by atomic mass is 79.9. The van der Waals surface area contributed by atoms with Crippen molar-refractivity contribution in [2.45, 2.75) is 6.18 Å². The van der Waals surface area contributed by atoms with Gasteiger partial charge >= 0.3 is 12.2 Å². The van der Waals surface area contributed by atoms with Gasteiger partial charge in [-0.3, -0.25) is 5.32 Å². The molecule has 0 bridgehead atoms. The van der Waals surface area contributed by atoms with Crippen LogP contribution in [0.25, 0.3) is 0 Å². The Morgan fingerprint density at radius 1 is 1.22 bits per heavy atom. The van der Waals surface area contributed by atoms with Crippen molar-refractivity contribution in [3.63, 3.8) is 0 Å². The van der Waals surface area contributed by atoms with E-state index in [-0.39, 0.29) is 17.3 Å². The summed E-state index contributed by atoms with van der Waals surface area (Å²) in [6, 6.07) is 5.26. The molecule has 2 rings (SSSR count). The second-order valence-corrected chi connectivity index (χ2v) is 5.27. The summed E-state index contributed by atoms with van der Waals surface area (Å²) in [6.45, 7) is 0. The Bertz CT molecular complexity index is 705. The fourth-order valence-electron chi connectivity index (χ4n) is 1.70. The van der Waals surface area contributed by atoms with Crippen LogP contribution in [0.15, 0.2) is 41.0 Å². The number of amides is 2. The monoisotopic (exact) mass is 389 g/mol. The summed E-state index contributed by atoms with van der Waals surface area (Å²) < 4.78 is 43.9. The number of carbonyl (C=O) groups is 1. The normalized spacial score (nSPS) is 11.0. The third-order valence-electron chi connectivity index (χ3n) is 2.74. The summed E-state index contributed by atoms with van der Waals surface area (Å²) >= 11 is 3.20. The van der Waals surface area contributed by atoms with Crippen LogP contribution in [0.5, 0.6) is 5.75 Å². The van der Waals surface area contributed by atoms with Crippen LogP contribution in [0.4, 0.5) is 29.5 Å². The zero-order valence-electron chi connectivity index (χ0n) is 11.7. The van der Waals surface area contributed by atoms with Gasteiger partial charge in [0.2, 0.25) is 0 Å². The van der Waals surface area contributed by atoms with Gasteiger partial charge in [0.15, 0.2) is 0 Å². The van der Waals surface area contributed by atoms with Crippen LogP contribution in [0.3, 0.4) is 0 Å². The number of benzene rings is 1. The molecule has 5 nitrogen and oxygen atoms in total. The van der Waals surface area contributed by atoms with Gasteiger partial charge in [0.05, 0.1) is 18.4 Å². The van der Waals surface area contributed by atoms with Crippen LogP contribution < -0.4 is 15.4 Å². The highest BCUT2D eigenvalue weighted by molar-refractivity contribution is 9.10. The van der Waals surface area contributed by atoms with Crippen LogP contribution in [0.1, 0.15) is 5.56 Å². The van der Waals surface area contributed by atoms with Gasteiger partial charge in [0, 0.05) is 10.7 Å². The smallest absolute Gasteiger partial charge is 0.416 e. The molecule has 0 radical (unpaired) electrons. The van der Waals surface area contributed by atoms with Gasteiger partial charge in [-0.1, -0.05) is 0 Å². The quantitative estimate of drug-likeness (QED) is 0.811. The van der Waals surface area contributed by atoms with Crippen molar-refractivity contribution in [3.05, 3.63) is 46.6 Å². The third-order valence-corrected chi connectivity index (χ3v) is 3.21. The van der Waals surface area contributed by atoms with Gasteiger partial charge in [-0.15, -0.1) is 0 Å². The van der Waals surface area contributed by atoms with Crippen molar-refractivity contribution in [1.82, 2.24) is 4.98 Å². The van der Waals surface area contributed by atoms with E-state index in [0.717, 1.165) is 22.7 Å². The number of carbonyl (C=O) groups excluding carboxylic acids is 1. The predicted octanol–water partition coefficient (Wildman–Crippen LogP) is 4.52. The maximum atomic E-state index is 12.7. The Kier molecular flexibility index (Phi) is 5.09. The molecule has 0 spiro atoms. The Labute approximate surface area is 138 Å². The molecule has 0 aliphatic heterocycles. The van der Waals surface area contributed by atoms with Gasteiger partial charge in [-0.2, -0.15) is 13.2 Å². The first-order valence-corrected chi connectivity index (χ1v) is 7.03. The van der Waals surface area contributed by atoms with Crippen molar-refractivity contribution in [2.75, 3.05) is 17.7 Å². The van der Waals surface area contributed by atoms with Gasteiger partial charge in [0.25, 0.3) is 0 Å². The number of nitrogens with zero attached hydrogens (tertiary/aromatic N) is 1. The number of alkyl halides is 3. The third kappa shape index (κ3) is 4.59. The molecule has 1 aromatic carbocycles. The van der Waals surface area contributed by atoms with E-state index in [1.807, 2.05) is 0 Å². The molecular weight excluding hydrogens is 379 g/mol. The van der Waals surface area contributed by atoms with Crippen molar-refractivity contribution >= 4 is 33.5 Å².